The predicted molar refractivity (Wildman–Crippen MR) is 35.0 cm³/mol. The molecule has 3 nitrogen and oxygen atoms in total. The van der Waals surface area contributed by atoms with Gasteiger partial charge in [0.25, 0.3) is 0 Å². The van der Waals surface area contributed by atoms with Gasteiger partial charge in [0.1, 0.15) is 7.11 Å². The fraction of sp³-hybridized carbons (Fsp3) is 0. The Bertz CT molecular complexity index is 220. The quantitative estimate of drug-likeness (QED) is 0.541. The van der Waals surface area contributed by atoms with Crippen molar-refractivity contribution >= 4 is 5.97 Å². The van der Waals surface area contributed by atoms with E-state index in [-0.39, 0.29) is 0 Å². The van der Waals surface area contributed by atoms with Crippen LogP contribution in [-0.4, -0.2) is 11.0 Å². The third-order valence-corrected chi connectivity index (χ3v) is 1.03. The van der Waals surface area contributed by atoms with Crippen LogP contribution in [0, 0.1) is 7.11 Å². The summed E-state index contributed by atoms with van der Waals surface area (Å²) in [5.74, 6) is -0.465. The second kappa shape index (κ2) is 2.96. The van der Waals surface area contributed by atoms with Crippen molar-refractivity contribution in [2.24, 2.45) is 0 Å². The minimum Gasteiger partial charge on any atom is -0.458 e. The number of carbonyl (C=O) groups is 1. The van der Waals surface area contributed by atoms with Gasteiger partial charge in [-0.2, -0.15) is 0 Å². The summed E-state index contributed by atoms with van der Waals surface area (Å²) in [6, 6.07) is 3.27. The number of esters is 1. The molecule has 0 atom stereocenters. The molecule has 1 rings (SSSR count). The fourth-order valence-electron chi connectivity index (χ4n) is 0.567. The van der Waals surface area contributed by atoms with Gasteiger partial charge in [-0.25, -0.2) is 4.79 Å². The molecule has 10 heavy (non-hydrogen) atoms. The summed E-state index contributed by atoms with van der Waals surface area (Å²) in [7, 11) is 2.98. The Labute approximate surface area is 58.7 Å². The Balaban J connectivity index is 2.85. The maximum absolute atomic E-state index is 10.7. The number of ether oxygens (including phenoxy) is 1. The van der Waals surface area contributed by atoms with Crippen LogP contribution in [0.3, 0.4) is 0 Å². The van der Waals surface area contributed by atoms with Gasteiger partial charge >= 0.3 is 5.97 Å². The number of nitrogens with zero attached hydrogens (tertiary/aromatic N) is 1. The highest BCUT2D eigenvalue weighted by Gasteiger charge is 2.01. The molecule has 0 aliphatic carbocycles. The minimum absolute atomic E-state index is 0.414. The first kappa shape index (κ1) is 6.74. The van der Waals surface area contributed by atoms with Crippen LogP contribution >= 0.6 is 0 Å². The fourth-order valence-corrected chi connectivity index (χ4v) is 0.567. The normalized spacial score (nSPS) is 8.90. The molecule has 51 valence electrons. The van der Waals surface area contributed by atoms with Gasteiger partial charge in [0, 0.05) is 12.4 Å². The van der Waals surface area contributed by atoms with E-state index < -0.39 is 5.97 Å². The zero-order valence-corrected chi connectivity index (χ0v) is 5.28. The third-order valence-electron chi connectivity index (χ3n) is 1.03. The molecule has 1 aromatic heterocycles. The average molecular weight is 136 g/mol. The smallest absolute Gasteiger partial charge is 0.339 e. The van der Waals surface area contributed by atoms with E-state index in [1.54, 1.807) is 18.3 Å². The van der Waals surface area contributed by atoms with E-state index in [2.05, 4.69) is 16.8 Å². The summed E-state index contributed by atoms with van der Waals surface area (Å²) in [5, 5.41) is 0. The summed E-state index contributed by atoms with van der Waals surface area (Å²) < 4.78 is 4.21. The molecule has 0 fully saturated rings. The molecule has 0 aliphatic rings. The second-order valence-corrected chi connectivity index (χ2v) is 1.67. The first-order chi connectivity index (χ1) is 4.84. The van der Waals surface area contributed by atoms with Crippen LogP contribution < -0.4 is 0 Å². The van der Waals surface area contributed by atoms with E-state index in [4.69, 9.17) is 0 Å². The number of pyridine rings is 1. The SMILES string of the molecule is [CH2]OC(=O)c1cccnc1. The molecule has 3 heteroatoms. The monoisotopic (exact) mass is 136 g/mol. The molecule has 1 aromatic rings. The molecule has 0 N–H and O–H groups in total. The summed E-state index contributed by atoms with van der Waals surface area (Å²) in [4.78, 5) is 14.4. The van der Waals surface area contributed by atoms with Gasteiger partial charge in [-0.3, -0.25) is 4.98 Å². The molecule has 1 radical (unpaired) electrons. The second-order valence-electron chi connectivity index (χ2n) is 1.67. The standard InChI is InChI=1S/C7H6NO2/c1-10-7(9)6-3-2-4-8-5-6/h2-5H,1H2. The molecule has 1 heterocycles. The van der Waals surface area contributed by atoms with Crippen LogP contribution in [0.25, 0.3) is 0 Å². The predicted octanol–water partition coefficient (Wildman–Crippen LogP) is 1.03. The maximum atomic E-state index is 10.7. The highest BCUT2D eigenvalue weighted by molar-refractivity contribution is 5.88. The van der Waals surface area contributed by atoms with E-state index in [0.717, 1.165) is 0 Å². The van der Waals surface area contributed by atoms with Crippen molar-refractivity contribution in [1.29, 1.82) is 0 Å². The molecular weight excluding hydrogens is 130 g/mol. The summed E-state index contributed by atoms with van der Waals surface area (Å²) in [5.41, 5.74) is 0.414. The average Bonchev–Trinajstić information content (AvgIpc) is 2.05. The Morgan fingerprint density at radius 2 is 2.50 bits per heavy atom. The van der Waals surface area contributed by atoms with Crippen LogP contribution in [0.15, 0.2) is 24.5 Å². The van der Waals surface area contributed by atoms with Crippen LogP contribution in [0.5, 0.6) is 0 Å². The van der Waals surface area contributed by atoms with Crippen LogP contribution in [-0.2, 0) is 4.74 Å². The molecule has 0 bridgehead atoms. The molecule has 0 aliphatic heterocycles. The summed E-state index contributed by atoms with van der Waals surface area (Å²) in [6.45, 7) is 0. The maximum Gasteiger partial charge on any atom is 0.339 e. The first-order valence-corrected chi connectivity index (χ1v) is 2.71. The van der Waals surface area contributed by atoms with E-state index in [0.29, 0.717) is 5.56 Å². The highest BCUT2D eigenvalue weighted by Crippen LogP contribution is 1.96. The Hall–Kier alpha value is -1.38. The Morgan fingerprint density at radius 1 is 1.70 bits per heavy atom. The molecule has 0 amide bonds. The van der Waals surface area contributed by atoms with Crippen molar-refractivity contribution < 1.29 is 9.53 Å². The molecular formula is C7H6NO2. The molecule has 0 saturated carbocycles. The number of hydrogen-bond donors (Lipinski definition) is 0. The Kier molecular flexibility index (Phi) is 1.99. The zero-order valence-electron chi connectivity index (χ0n) is 5.28. The summed E-state index contributed by atoms with van der Waals surface area (Å²) >= 11 is 0. The summed E-state index contributed by atoms with van der Waals surface area (Å²) in [6.07, 6.45) is 3.01. The molecule has 0 saturated heterocycles. The molecule has 0 aromatic carbocycles. The van der Waals surface area contributed by atoms with Gasteiger partial charge in [0.05, 0.1) is 5.56 Å². The van der Waals surface area contributed by atoms with Crippen molar-refractivity contribution in [2.45, 2.75) is 0 Å². The topological polar surface area (TPSA) is 39.2 Å². The van der Waals surface area contributed by atoms with E-state index >= 15 is 0 Å². The number of hydrogen-bond acceptors (Lipinski definition) is 3. The molecule has 0 unspecified atom stereocenters. The largest absolute Gasteiger partial charge is 0.458 e. The van der Waals surface area contributed by atoms with Gasteiger partial charge in [0.2, 0.25) is 0 Å². The van der Waals surface area contributed by atoms with Crippen molar-refractivity contribution in [3.63, 3.8) is 0 Å². The lowest BCUT2D eigenvalue weighted by atomic mass is 10.3. The zero-order chi connectivity index (χ0) is 7.40. The Morgan fingerprint density at radius 3 is 3.00 bits per heavy atom. The third kappa shape index (κ3) is 1.31. The first-order valence-electron chi connectivity index (χ1n) is 2.71. The van der Waals surface area contributed by atoms with Crippen LogP contribution in [0.1, 0.15) is 10.4 Å². The van der Waals surface area contributed by atoms with Gasteiger partial charge in [-0.1, -0.05) is 0 Å². The lowest BCUT2D eigenvalue weighted by Gasteiger charge is -1.94. The van der Waals surface area contributed by atoms with Crippen LogP contribution in [0.4, 0.5) is 0 Å². The van der Waals surface area contributed by atoms with E-state index in [1.165, 1.54) is 6.20 Å². The van der Waals surface area contributed by atoms with Crippen molar-refractivity contribution in [3.8, 4) is 0 Å². The minimum atomic E-state index is -0.465. The lowest BCUT2D eigenvalue weighted by molar-refractivity contribution is 0.0653. The highest BCUT2D eigenvalue weighted by atomic mass is 16.5. The van der Waals surface area contributed by atoms with Gasteiger partial charge in [0.15, 0.2) is 0 Å². The van der Waals surface area contributed by atoms with Gasteiger partial charge in [-0.15, -0.1) is 0 Å². The van der Waals surface area contributed by atoms with Gasteiger partial charge < -0.3 is 4.74 Å². The van der Waals surface area contributed by atoms with Crippen molar-refractivity contribution in [1.82, 2.24) is 4.98 Å². The van der Waals surface area contributed by atoms with Crippen molar-refractivity contribution in [2.75, 3.05) is 0 Å². The number of aromatic nitrogens is 1. The van der Waals surface area contributed by atoms with Gasteiger partial charge in [-0.05, 0) is 12.1 Å². The van der Waals surface area contributed by atoms with E-state index in [1.807, 2.05) is 0 Å². The molecule has 0 spiro atoms. The van der Waals surface area contributed by atoms with Crippen LogP contribution in [0.2, 0.25) is 0 Å². The number of carbonyl (C=O) groups excluding carboxylic acids is 1. The van der Waals surface area contributed by atoms with Crippen molar-refractivity contribution in [3.05, 3.63) is 37.2 Å². The lowest BCUT2D eigenvalue weighted by Crippen LogP contribution is -1.99. The van der Waals surface area contributed by atoms with E-state index in [9.17, 15) is 4.79 Å². The number of rotatable bonds is 1.